The summed E-state index contributed by atoms with van der Waals surface area (Å²) < 4.78 is 48.1. The number of anilines is 4. The van der Waals surface area contributed by atoms with Crippen molar-refractivity contribution in [2.75, 3.05) is 34.4 Å². The number of rotatable bonds is 18. The van der Waals surface area contributed by atoms with E-state index in [1.807, 2.05) is 49.5 Å². The molecule has 12 heterocycles. The predicted molar refractivity (Wildman–Crippen MR) is 285 cm³/mol. The number of hydrogen-bond acceptors (Lipinski definition) is 28. The van der Waals surface area contributed by atoms with Gasteiger partial charge in [-0.1, -0.05) is 0 Å². The zero-order valence-electron chi connectivity index (χ0n) is 47.0. The fraction of sp³-hybridized carbons (Fsp3) is 0.560. The first-order valence-electron chi connectivity index (χ1n) is 27.6. The highest BCUT2D eigenvalue weighted by atomic mass is 16.7. The number of aromatic nitrogens is 20. The summed E-state index contributed by atoms with van der Waals surface area (Å²) in [6.07, 6.45) is 6.38. The summed E-state index contributed by atoms with van der Waals surface area (Å²) in [4.78, 5) is 96.5. The van der Waals surface area contributed by atoms with Gasteiger partial charge in [0.15, 0.2) is 58.4 Å². The molecule has 440 valence electrons. The SMILES string of the molecule is CCn1nnc([C@H]2O[C@@]3(C4CCC([C@@]56O[C@H](c7nnn(CC)n7)[C@@H](OC(C)=O)[C@]5(OC(C)=O)Nc5nc(NCCc7cn(C)cn7)nc7c5ncn76)CC4)n4cnc5c(nc(NCCc6cn(C)cn6)nc54)N[C@@]3(OC(C)=O)C2OC(C)=O)n1. The molecule has 1 aliphatic carbocycles. The van der Waals surface area contributed by atoms with Gasteiger partial charge >= 0.3 is 23.9 Å². The highest BCUT2D eigenvalue weighted by Crippen LogP contribution is 2.65. The standard InChI is InChI=1S/C50H60N24O10/c1-9-73-65-41(63-67-73)35-37(79-25(3)75)47(81-27(5)77)49(83-35,71-23-55-33-39(61-47)57-45(59-43(33)71)51-17-15-31-19-69(7)21-53-31)29-11-13-30(14-12-29)50-48(82-28(6)78,38(80-26(4)76)36(84-50)42-64-68-74(10-2)66-42)62-40-34-44(72(50)24-56-34)60-46(58-40)52-18-16-32-20-70(8)22-54-32/h19-24,29-30,35-38H,9-18H2,1-8H3,(H2,51,57,59,61)(H2,52,58,60,62)/t29?,30?,35-,36-,37+,38?,47+,48+,49+,50+/m0/s1. The first kappa shape index (κ1) is 53.9. The van der Waals surface area contributed by atoms with Crippen molar-refractivity contribution in [3.63, 3.8) is 0 Å². The molecular weight excluding hydrogens is 1100 g/mol. The van der Waals surface area contributed by atoms with Gasteiger partial charge in [0.25, 0.3) is 11.4 Å². The lowest BCUT2D eigenvalue weighted by Crippen LogP contribution is -2.69. The van der Waals surface area contributed by atoms with E-state index in [4.69, 9.17) is 58.3 Å². The Morgan fingerprint density at radius 3 is 1.36 bits per heavy atom. The van der Waals surface area contributed by atoms with Gasteiger partial charge in [-0.05, 0) is 50.0 Å². The Hall–Kier alpha value is -9.34. The molecule has 13 rings (SSSR count). The molecule has 0 amide bonds. The molecule has 8 bridgehead atoms. The second-order valence-electron chi connectivity index (χ2n) is 21.4. The third-order valence-corrected chi connectivity index (χ3v) is 16.0. The normalized spacial score (nSPS) is 27.4. The molecule has 34 heteroatoms. The summed E-state index contributed by atoms with van der Waals surface area (Å²) in [5.74, 6) is -3.81. The largest absolute Gasteiger partial charge is 0.453 e. The van der Waals surface area contributed by atoms with Crippen LogP contribution in [-0.2, 0) is 99.1 Å². The Morgan fingerprint density at radius 2 is 1.01 bits per heavy atom. The van der Waals surface area contributed by atoms with Gasteiger partial charge < -0.3 is 58.8 Å². The van der Waals surface area contributed by atoms with Crippen LogP contribution >= 0.6 is 0 Å². The highest BCUT2D eigenvalue weighted by Gasteiger charge is 2.80. The quantitative estimate of drug-likeness (QED) is 0.0695. The van der Waals surface area contributed by atoms with Crippen molar-refractivity contribution in [3.8, 4) is 0 Å². The molecule has 3 fully saturated rings. The van der Waals surface area contributed by atoms with E-state index in [0.717, 1.165) is 11.4 Å². The predicted octanol–water partition coefficient (Wildman–Crippen LogP) is 1.34. The maximum atomic E-state index is 14.0. The van der Waals surface area contributed by atoms with Crippen LogP contribution in [0.25, 0.3) is 22.3 Å². The number of ether oxygens (including phenoxy) is 6. The maximum absolute atomic E-state index is 14.0. The van der Waals surface area contributed by atoms with E-state index in [1.165, 1.54) is 49.9 Å². The number of nitrogens with one attached hydrogen (secondary N) is 4. The monoisotopic (exact) mass is 1160 g/mol. The lowest BCUT2D eigenvalue weighted by Gasteiger charge is -2.53. The van der Waals surface area contributed by atoms with E-state index in [1.54, 1.807) is 21.8 Å². The Morgan fingerprint density at radius 1 is 0.595 bits per heavy atom. The molecule has 1 unspecified atom stereocenters. The van der Waals surface area contributed by atoms with E-state index in [-0.39, 0.29) is 72.2 Å². The first-order chi connectivity index (χ1) is 40.5. The molecule has 5 aliphatic rings. The Labute approximate surface area is 476 Å². The lowest BCUT2D eigenvalue weighted by molar-refractivity contribution is -0.253. The van der Waals surface area contributed by atoms with Crippen molar-refractivity contribution in [2.24, 2.45) is 25.9 Å². The summed E-state index contributed by atoms with van der Waals surface area (Å²) >= 11 is 0. The second-order valence-corrected chi connectivity index (χ2v) is 21.4. The van der Waals surface area contributed by atoms with E-state index in [0.29, 0.717) is 50.1 Å². The van der Waals surface area contributed by atoms with E-state index in [2.05, 4.69) is 62.1 Å². The van der Waals surface area contributed by atoms with Crippen molar-refractivity contribution in [3.05, 3.63) is 60.7 Å². The van der Waals surface area contributed by atoms with Gasteiger partial charge in [0.2, 0.25) is 35.0 Å². The van der Waals surface area contributed by atoms with Crippen molar-refractivity contribution < 1.29 is 47.6 Å². The fourth-order valence-electron chi connectivity index (χ4n) is 12.9. The topological polar surface area (TPSA) is 382 Å². The van der Waals surface area contributed by atoms with Gasteiger partial charge in [0, 0.05) is 92.0 Å². The average Bonchev–Trinajstić information content (AvgIpc) is 1.59. The molecule has 1 saturated carbocycles. The van der Waals surface area contributed by atoms with Crippen molar-refractivity contribution in [1.82, 2.24) is 98.6 Å². The molecule has 34 nitrogen and oxygen atoms in total. The number of carbonyl (C=O) groups excluding carboxylic acids is 4. The number of fused-ring (bicyclic) bond motifs is 4. The molecular formula is C50H60N24O10. The number of tetrazole rings is 2. The van der Waals surface area contributed by atoms with Crippen LogP contribution in [0.4, 0.5) is 23.5 Å². The van der Waals surface area contributed by atoms with Crippen LogP contribution in [0, 0.1) is 11.8 Å². The zero-order chi connectivity index (χ0) is 58.5. The Balaban J connectivity index is 0.963. The van der Waals surface area contributed by atoms with Crippen molar-refractivity contribution >= 4 is 69.7 Å². The maximum Gasteiger partial charge on any atom is 0.305 e. The number of hydrogen-bond donors (Lipinski definition) is 4. The first-order valence-corrected chi connectivity index (χ1v) is 27.6. The molecule has 4 aliphatic heterocycles. The highest BCUT2D eigenvalue weighted by molar-refractivity contribution is 5.88. The molecule has 0 spiro atoms. The summed E-state index contributed by atoms with van der Waals surface area (Å²) in [5.41, 5.74) is -5.43. The van der Waals surface area contributed by atoms with Crippen LogP contribution in [-0.4, -0.2) is 159 Å². The van der Waals surface area contributed by atoms with Crippen LogP contribution in [0.5, 0.6) is 0 Å². The molecule has 0 radical (unpaired) electrons. The number of nitrogens with zero attached hydrogens (tertiary/aromatic N) is 20. The Bertz CT molecular complexity index is 3630. The van der Waals surface area contributed by atoms with Gasteiger partial charge in [0.1, 0.15) is 0 Å². The molecule has 2 saturated heterocycles. The summed E-state index contributed by atoms with van der Waals surface area (Å²) in [7, 11) is 3.78. The lowest BCUT2D eigenvalue weighted by atomic mass is 9.68. The van der Waals surface area contributed by atoms with Crippen LogP contribution < -0.4 is 21.3 Å². The number of esters is 4. The van der Waals surface area contributed by atoms with E-state index in [9.17, 15) is 19.2 Å². The zero-order valence-corrected chi connectivity index (χ0v) is 47.0. The minimum absolute atomic E-state index is 0.0260. The summed E-state index contributed by atoms with van der Waals surface area (Å²) in [6, 6.07) is 0. The van der Waals surface area contributed by atoms with Gasteiger partial charge in [-0.25, -0.2) is 19.9 Å². The van der Waals surface area contributed by atoms with Gasteiger partial charge in [-0.3, -0.25) is 28.3 Å². The smallest absolute Gasteiger partial charge is 0.305 e. The molecule has 0 aromatic carbocycles. The van der Waals surface area contributed by atoms with Crippen LogP contribution in [0.1, 0.15) is 102 Å². The van der Waals surface area contributed by atoms with Gasteiger partial charge in [0.05, 0.1) is 49.8 Å². The number of carbonyl (C=O) groups is 4. The van der Waals surface area contributed by atoms with Crippen LogP contribution in [0.2, 0.25) is 0 Å². The molecule has 8 aromatic heterocycles. The third kappa shape index (κ3) is 8.41. The average molecular weight is 1160 g/mol. The minimum Gasteiger partial charge on any atom is -0.453 e. The van der Waals surface area contributed by atoms with Crippen molar-refractivity contribution in [1.29, 1.82) is 0 Å². The minimum atomic E-state index is -2.18. The van der Waals surface area contributed by atoms with Crippen LogP contribution in [0.15, 0.2) is 37.7 Å². The van der Waals surface area contributed by atoms with Gasteiger partial charge in [-0.15, -0.1) is 20.4 Å². The van der Waals surface area contributed by atoms with Crippen LogP contribution in [0.3, 0.4) is 0 Å². The van der Waals surface area contributed by atoms with Crippen molar-refractivity contribution in [2.45, 2.75) is 140 Å². The molecule has 8 atom stereocenters. The number of imidazole rings is 4. The molecule has 84 heavy (non-hydrogen) atoms. The third-order valence-electron chi connectivity index (χ3n) is 16.0. The second kappa shape index (κ2) is 20.2. The summed E-state index contributed by atoms with van der Waals surface area (Å²) in [5, 5.41) is 40.1. The Kier molecular flexibility index (Phi) is 13.0. The summed E-state index contributed by atoms with van der Waals surface area (Å²) in [6.45, 7) is 10.0. The number of aryl methyl sites for hydroxylation is 4. The van der Waals surface area contributed by atoms with Gasteiger partial charge in [-0.2, -0.15) is 29.5 Å². The fourth-order valence-corrected chi connectivity index (χ4v) is 12.9. The van der Waals surface area contributed by atoms with E-state index >= 15 is 0 Å². The molecule has 8 aromatic rings. The van der Waals surface area contributed by atoms with E-state index < -0.39 is 83.0 Å². The molecule has 4 N–H and O–H groups in total.